The first kappa shape index (κ1) is 92.5. The quantitative estimate of drug-likeness (QED) is 0.0367. The predicted octanol–water partition coefficient (Wildman–Crippen LogP) is 31.7. The minimum absolute atomic E-state index is 0.418. The number of hydrogen-bond acceptors (Lipinski definition) is 9. The molecule has 0 fully saturated rings. The van der Waals surface area contributed by atoms with Crippen LogP contribution in [0.2, 0.25) is 0 Å². The zero-order valence-corrected chi connectivity index (χ0v) is 74.6. The molecule has 0 bridgehead atoms. The molecule has 0 spiro atoms. The second kappa shape index (κ2) is 51.3. The zero-order chi connectivity index (χ0) is 79.9. The van der Waals surface area contributed by atoms with Gasteiger partial charge in [0.2, 0.25) is 35.3 Å². The van der Waals surface area contributed by atoms with Crippen LogP contribution in [0.4, 0.5) is 0 Å². The average molecular weight is 1520 g/mol. The fraction of sp³-hybridized carbons (Fsp3) is 0.706. The van der Waals surface area contributed by atoms with Gasteiger partial charge in [0.15, 0.2) is 0 Å². The van der Waals surface area contributed by atoms with Crippen LogP contribution in [0.1, 0.15) is 406 Å². The number of aromatic nitrogens is 6. The molecule has 0 aliphatic carbocycles. The van der Waals surface area contributed by atoms with Crippen LogP contribution in [0, 0.1) is 53.3 Å². The fourth-order valence-corrected chi connectivity index (χ4v) is 18.2. The third-order valence-corrected chi connectivity index (χ3v) is 26.4. The molecule has 9 unspecified atom stereocenters. The molecule has 7 rings (SSSR count). The van der Waals surface area contributed by atoms with Gasteiger partial charge in [-0.05, 0) is 216 Å². The van der Waals surface area contributed by atoms with Crippen molar-refractivity contribution in [1.29, 1.82) is 0 Å². The first-order chi connectivity index (χ1) is 54.2. The van der Waals surface area contributed by atoms with Gasteiger partial charge < -0.3 is 13.3 Å². The van der Waals surface area contributed by atoms with Crippen molar-refractivity contribution in [3.8, 4) is 68.7 Å². The van der Waals surface area contributed by atoms with E-state index in [0.717, 1.165) is 91.2 Å². The van der Waals surface area contributed by atoms with Crippen molar-refractivity contribution in [3.05, 3.63) is 105 Å². The summed E-state index contributed by atoms with van der Waals surface area (Å²) in [4.78, 5) is 0. The van der Waals surface area contributed by atoms with E-state index in [0.29, 0.717) is 88.6 Å². The van der Waals surface area contributed by atoms with E-state index < -0.39 is 0 Å². The highest BCUT2D eigenvalue weighted by molar-refractivity contribution is 5.75. The molecule has 0 N–H and O–H groups in total. The Morgan fingerprint density at radius 1 is 0.189 bits per heavy atom. The number of unbranched alkanes of at least 4 members (excludes halogenated alkanes) is 9. The summed E-state index contributed by atoms with van der Waals surface area (Å²) in [5.74, 6) is 8.47. The standard InChI is InChI=1S/C102H162N6O3/c1-19-37-46-73(28-10)55-82-64-88(65-83(56-74(29-11)47-38-20-2)94(82)61-79(34-16)52-43-25-7)97-103-106-100(109-97)91-70-92(101-107-104-98(110-101)89-66-84(57-75(30-12)48-39-21-3)95(62-80(35-17)53-44-26-8)85(67-89)58-76(31-13)49-40-22-4)72-93(71-91)102-108-105-99(111-102)90-68-86(59-77(32-14)50-41-23-5)96(63-81(36-18)54-45-27-9)87(69-90)60-78(33-15)51-42-24-6/h64-81H,19-63H2,1-18H3. The Morgan fingerprint density at radius 2 is 0.324 bits per heavy atom. The maximum absolute atomic E-state index is 7.18. The Morgan fingerprint density at radius 3 is 0.459 bits per heavy atom. The molecule has 9 heteroatoms. The summed E-state index contributed by atoms with van der Waals surface area (Å²) >= 11 is 0. The summed E-state index contributed by atoms with van der Waals surface area (Å²) in [5, 5.41) is 30.3. The van der Waals surface area contributed by atoms with Gasteiger partial charge in [-0.25, -0.2) is 0 Å². The third kappa shape index (κ3) is 28.6. The van der Waals surface area contributed by atoms with E-state index in [2.05, 4.69) is 179 Å². The van der Waals surface area contributed by atoms with Gasteiger partial charge in [0.05, 0.1) is 0 Å². The number of benzene rings is 4. The van der Waals surface area contributed by atoms with Crippen molar-refractivity contribution in [2.24, 2.45) is 53.3 Å². The van der Waals surface area contributed by atoms with Gasteiger partial charge in [0.1, 0.15) is 0 Å². The summed E-state index contributed by atoms with van der Waals surface area (Å²) in [7, 11) is 0. The van der Waals surface area contributed by atoms with Crippen molar-refractivity contribution < 1.29 is 13.3 Å². The molecule has 9 atom stereocenters. The molecule has 0 saturated heterocycles. The van der Waals surface area contributed by atoms with Crippen LogP contribution in [-0.4, -0.2) is 30.6 Å². The second-order valence-electron chi connectivity index (χ2n) is 34.9. The highest BCUT2D eigenvalue weighted by atomic mass is 16.4. The summed E-state index contributed by atoms with van der Waals surface area (Å²) in [6.07, 6.45) is 54.0. The van der Waals surface area contributed by atoms with Gasteiger partial charge in [-0.3, -0.25) is 0 Å². The van der Waals surface area contributed by atoms with Crippen molar-refractivity contribution in [2.45, 2.75) is 414 Å². The molecule has 0 saturated carbocycles. The zero-order valence-electron chi connectivity index (χ0n) is 74.6. The predicted molar refractivity (Wildman–Crippen MR) is 476 cm³/mol. The molecular formula is C102H162N6O3. The molecular weight excluding hydrogens is 1360 g/mol. The smallest absolute Gasteiger partial charge is 0.248 e. The Balaban J connectivity index is 1.49. The van der Waals surface area contributed by atoms with Crippen molar-refractivity contribution in [2.75, 3.05) is 0 Å². The monoisotopic (exact) mass is 1520 g/mol. The van der Waals surface area contributed by atoms with Gasteiger partial charge in [-0.1, -0.05) is 356 Å². The average Bonchev–Trinajstić information content (AvgIpc) is 1.69. The maximum atomic E-state index is 7.18. The normalized spacial score (nSPS) is 14.4. The van der Waals surface area contributed by atoms with E-state index in [-0.39, 0.29) is 0 Å². The fourth-order valence-electron chi connectivity index (χ4n) is 18.2. The Hall–Kier alpha value is -5.70. The largest absolute Gasteiger partial charge is 0.416 e. The van der Waals surface area contributed by atoms with E-state index in [1.807, 2.05) is 0 Å². The lowest BCUT2D eigenvalue weighted by atomic mass is 9.80. The first-order valence-corrected chi connectivity index (χ1v) is 47.3. The Kier molecular flexibility index (Phi) is 42.7. The van der Waals surface area contributed by atoms with Gasteiger partial charge >= 0.3 is 0 Å². The lowest BCUT2D eigenvalue weighted by Crippen LogP contribution is -2.14. The molecule has 3 heterocycles. The van der Waals surface area contributed by atoms with Crippen LogP contribution in [0.5, 0.6) is 0 Å². The van der Waals surface area contributed by atoms with E-state index in [4.69, 9.17) is 43.8 Å². The van der Waals surface area contributed by atoms with Gasteiger partial charge in [-0.2, -0.15) is 0 Å². The molecule has 0 aliphatic heterocycles. The number of hydrogen-bond donors (Lipinski definition) is 0. The minimum Gasteiger partial charge on any atom is -0.416 e. The molecule has 0 aliphatic rings. The van der Waals surface area contributed by atoms with Crippen LogP contribution in [0.15, 0.2) is 67.8 Å². The van der Waals surface area contributed by atoms with Crippen molar-refractivity contribution in [1.82, 2.24) is 30.6 Å². The summed E-state index contributed by atoms with van der Waals surface area (Å²) in [6.45, 7) is 42.8. The van der Waals surface area contributed by atoms with Crippen LogP contribution < -0.4 is 0 Å². The molecule has 9 nitrogen and oxygen atoms in total. The van der Waals surface area contributed by atoms with Gasteiger partial charge in [0, 0.05) is 33.4 Å². The highest BCUT2D eigenvalue weighted by Crippen LogP contribution is 2.42. The van der Waals surface area contributed by atoms with Crippen LogP contribution in [-0.2, 0) is 57.8 Å². The maximum Gasteiger partial charge on any atom is 0.248 e. The first-order valence-electron chi connectivity index (χ1n) is 47.3. The Labute approximate surface area is 680 Å². The summed E-state index contributed by atoms with van der Waals surface area (Å²) in [6, 6.07) is 21.1. The van der Waals surface area contributed by atoms with Crippen LogP contribution in [0.3, 0.4) is 0 Å². The molecule has 3 aromatic heterocycles. The van der Waals surface area contributed by atoms with Crippen LogP contribution >= 0.6 is 0 Å². The third-order valence-electron chi connectivity index (χ3n) is 26.4. The van der Waals surface area contributed by atoms with E-state index in [1.165, 1.54) is 265 Å². The van der Waals surface area contributed by atoms with Crippen molar-refractivity contribution >= 4 is 0 Å². The molecule has 4 aromatic carbocycles. The summed E-state index contributed by atoms with van der Waals surface area (Å²) < 4.78 is 21.5. The molecule has 111 heavy (non-hydrogen) atoms. The lowest BCUT2D eigenvalue weighted by Gasteiger charge is -2.25. The lowest BCUT2D eigenvalue weighted by molar-refractivity contribution is 0.425. The molecule has 618 valence electrons. The van der Waals surface area contributed by atoms with Crippen LogP contribution in [0.25, 0.3) is 68.7 Å². The number of rotatable bonds is 60. The van der Waals surface area contributed by atoms with Gasteiger partial charge in [0.25, 0.3) is 0 Å². The SMILES string of the molecule is CCCCC(CC)Cc1cc(-c2nnc(-c3cc(-c4nnc(-c5cc(CC(CC)CCCC)c(CC(CC)CCCC)c(CC(CC)CCCC)c5)o4)cc(-c4nnc(-c5cc(CC(CC)CCCC)c(CC(CC)CCCC)c(CC(CC)CCCC)c5)o4)c3)o2)cc(CC(CC)CCCC)c1CC(CC)CCCC. The van der Waals surface area contributed by atoms with E-state index in [9.17, 15) is 0 Å². The summed E-state index contributed by atoms with van der Waals surface area (Å²) in [5.41, 5.74) is 18.9. The number of nitrogens with zero attached hydrogens (tertiary/aromatic N) is 6. The second-order valence-corrected chi connectivity index (χ2v) is 34.9. The molecule has 0 radical (unpaired) electrons. The van der Waals surface area contributed by atoms with Gasteiger partial charge in [-0.15, -0.1) is 30.6 Å². The Bertz CT molecular complexity index is 3180. The van der Waals surface area contributed by atoms with Crippen molar-refractivity contribution in [3.63, 3.8) is 0 Å². The minimum atomic E-state index is 0.418. The highest BCUT2D eigenvalue weighted by Gasteiger charge is 2.29. The topological polar surface area (TPSA) is 117 Å². The van der Waals surface area contributed by atoms with E-state index in [1.54, 1.807) is 16.7 Å². The molecule has 0 amide bonds. The molecule has 7 aromatic rings. The van der Waals surface area contributed by atoms with E-state index >= 15 is 0 Å².